The number of likely N-dealkylation sites (tertiary alicyclic amines) is 1. The van der Waals surface area contributed by atoms with Crippen LogP contribution in [-0.4, -0.2) is 87.1 Å². The van der Waals surface area contributed by atoms with Gasteiger partial charge in [-0.1, -0.05) is 0 Å². The number of ether oxygens (including phenoxy) is 4. The molecule has 0 radical (unpaired) electrons. The molecule has 2 aliphatic rings. The van der Waals surface area contributed by atoms with E-state index in [1.807, 2.05) is 13.8 Å². The van der Waals surface area contributed by atoms with Crippen LogP contribution in [0.4, 0.5) is 14.9 Å². The van der Waals surface area contributed by atoms with Gasteiger partial charge in [-0.15, -0.1) is 0 Å². The van der Waals surface area contributed by atoms with Crippen LogP contribution >= 0.6 is 0 Å². The zero-order valence-corrected chi connectivity index (χ0v) is 26.2. The van der Waals surface area contributed by atoms with Gasteiger partial charge in [-0.3, -0.25) is 9.59 Å². The summed E-state index contributed by atoms with van der Waals surface area (Å²) in [6.45, 7) is 12.8. The number of carbonyl (C=O) groups excluding carboxylic acids is 3. The number of rotatable bonds is 13. The lowest BCUT2D eigenvalue weighted by Crippen LogP contribution is -2.54. The van der Waals surface area contributed by atoms with Crippen molar-refractivity contribution in [1.29, 1.82) is 0 Å². The monoisotopic (exact) mass is 593 g/mol. The van der Waals surface area contributed by atoms with E-state index in [9.17, 15) is 14.4 Å². The smallest absolute Gasteiger partial charge is 0.410 e. The Kier molecular flexibility index (Phi) is 12.0. The van der Waals surface area contributed by atoms with Crippen molar-refractivity contribution in [2.24, 2.45) is 11.8 Å². The number of piperidine rings is 1. The van der Waals surface area contributed by atoms with Gasteiger partial charge in [0, 0.05) is 58.0 Å². The van der Waals surface area contributed by atoms with Gasteiger partial charge in [-0.2, -0.15) is 0 Å². The highest BCUT2D eigenvalue weighted by molar-refractivity contribution is 5.97. The van der Waals surface area contributed by atoms with Crippen molar-refractivity contribution in [1.82, 2.24) is 10.2 Å². The number of benzene rings is 1. The predicted molar refractivity (Wildman–Crippen MR) is 157 cm³/mol. The Labute approximate surface area is 249 Å². The van der Waals surface area contributed by atoms with Crippen molar-refractivity contribution >= 4 is 23.6 Å². The third-order valence-corrected chi connectivity index (χ3v) is 7.19. The first kappa shape index (κ1) is 33.6. The third-order valence-electron chi connectivity index (χ3n) is 7.19. The Morgan fingerprint density at radius 1 is 1.14 bits per heavy atom. The number of methoxy groups -OCH3 is 1. The first-order chi connectivity index (χ1) is 19.8. The van der Waals surface area contributed by atoms with Gasteiger partial charge in [0.25, 0.3) is 0 Å². The Balaban J connectivity index is 1.87. The van der Waals surface area contributed by atoms with E-state index in [4.69, 9.17) is 18.9 Å². The summed E-state index contributed by atoms with van der Waals surface area (Å²) < 4.78 is 37.5. The number of halogens is 1. The summed E-state index contributed by atoms with van der Waals surface area (Å²) in [6.07, 6.45) is 1.78. The van der Waals surface area contributed by atoms with Gasteiger partial charge < -0.3 is 34.1 Å². The van der Waals surface area contributed by atoms with Crippen molar-refractivity contribution < 1.29 is 37.7 Å². The van der Waals surface area contributed by atoms with Crippen LogP contribution in [0, 0.1) is 24.6 Å². The maximum Gasteiger partial charge on any atom is 0.410 e. The molecule has 236 valence electrons. The van der Waals surface area contributed by atoms with Gasteiger partial charge in [-0.25, -0.2) is 9.18 Å². The van der Waals surface area contributed by atoms with Gasteiger partial charge in [0.2, 0.25) is 11.8 Å². The summed E-state index contributed by atoms with van der Waals surface area (Å²) in [5, 5.41) is 2.95. The lowest BCUT2D eigenvalue weighted by atomic mass is 9.87. The second-order valence-corrected chi connectivity index (χ2v) is 12.3. The zero-order valence-electron chi connectivity index (χ0n) is 26.2. The standard InChI is InChI=1S/C31H48FN3O7/c1-8-40-19-21(3)33-28(36)22-15-23(18-34(17-22)30(38)42-31(4,5)6)29(37)35(24-10-11-24)26-16-27(20(2)14-25(26)32)41-13-9-12-39-7/h14,16,21-24H,8-13,15,17-19H2,1-7H3,(H,33,36)/t21-,22+,23-/m1/s1. The van der Waals surface area contributed by atoms with Crippen molar-refractivity contribution in [3.05, 3.63) is 23.5 Å². The summed E-state index contributed by atoms with van der Waals surface area (Å²) >= 11 is 0. The fourth-order valence-electron chi connectivity index (χ4n) is 5.03. The average molecular weight is 594 g/mol. The van der Waals surface area contributed by atoms with Crippen molar-refractivity contribution in [3.8, 4) is 5.75 Å². The number of carbonyl (C=O) groups is 3. The van der Waals surface area contributed by atoms with Crippen molar-refractivity contribution in [2.45, 2.75) is 84.9 Å². The van der Waals surface area contributed by atoms with Crippen LogP contribution in [0.3, 0.4) is 0 Å². The molecule has 1 N–H and O–H groups in total. The van der Waals surface area contributed by atoms with Crippen LogP contribution in [0.1, 0.15) is 65.9 Å². The molecule has 3 atom stereocenters. The van der Waals surface area contributed by atoms with Crippen LogP contribution in [0.2, 0.25) is 0 Å². The van der Waals surface area contributed by atoms with E-state index in [-0.39, 0.29) is 49.1 Å². The molecular weight excluding hydrogens is 545 g/mol. The number of amides is 3. The summed E-state index contributed by atoms with van der Waals surface area (Å²) in [5.41, 5.74) is 0.0295. The number of aryl methyl sites for hydroxylation is 1. The van der Waals surface area contributed by atoms with Gasteiger partial charge in [-0.05, 0) is 72.4 Å². The highest BCUT2D eigenvalue weighted by Gasteiger charge is 2.44. The van der Waals surface area contributed by atoms with Gasteiger partial charge in [0.15, 0.2) is 0 Å². The number of anilines is 1. The molecule has 1 aliphatic carbocycles. The maximum absolute atomic E-state index is 15.4. The third kappa shape index (κ3) is 9.55. The molecule has 1 saturated carbocycles. The zero-order chi connectivity index (χ0) is 31.0. The van der Waals surface area contributed by atoms with Gasteiger partial charge >= 0.3 is 6.09 Å². The normalized spacial score (nSPS) is 19.7. The molecule has 0 unspecified atom stereocenters. The quantitative estimate of drug-likeness (QED) is 0.337. The van der Waals surface area contributed by atoms with Crippen molar-refractivity contribution in [3.63, 3.8) is 0 Å². The first-order valence-corrected chi connectivity index (χ1v) is 15.0. The molecule has 1 aliphatic heterocycles. The van der Waals surface area contributed by atoms with Crippen LogP contribution in [0.15, 0.2) is 12.1 Å². The molecule has 1 heterocycles. The summed E-state index contributed by atoms with van der Waals surface area (Å²) in [5.74, 6) is -1.97. The molecule has 1 aromatic carbocycles. The molecule has 0 bridgehead atoms. The van der Waals surface area contributed by atoms with Crippen LogP contribution < -0.4 is 15.0 Å². The van der Waals surface area contributed by atoms with Crippen LogP contribution in [0.25, 0.3) is 0 Å². The van der Waals surface area contributed by atoms with E-state index in [0.29, 0.717) is 44.2 Å². The minimum absolute atomic E-state index is 0.0725. The molecule has 1 saturated heterocycles. The Bertz CT molecular complexity index is 1090. The fourth-order valence-corrected chi connectivity index (χ4v) is 5.03. The van der Waals surface area contributed by atoms with E-state index >= 15 is 4.39 Å². The molecule has 3 rings (SSSR count). The molecule has 42 heavy (non-hydrogen) atoms. The molecule has 0 spiro atoms. The lowest BCUT2D eigenvalue weighted by Gasteiger charge is -2.39. The second kappa shape index (κ2) is 15.0. The van der Waals surface area contributed by atoms with E-state index in [1.165, 1.54) is 15.9 Å². The molecule has 3 amide bonds. The summed E-state index contributed by atoms with van der Waals surface area (Å²) in [6, 6.07) is 2.57. The average Bonchev–Trinajstić information content (AvgIpc) is 3.76. The lowest BCUT2D eigenvalue weighted by molar-refractivity contribution is -0.131. The SMILES string of the molecule is CCOC[C@@H](C)NC(=O)[C@H]1C[C@@H](C(=O)N(c2cc(OCCCOC)c(C)cc2F)C2CC2)CN(C(=O)OC(C)(C)C)C1. The predicted octanol–water partition coefficient (Wildman–Crippen LogP) is 4.46. The fraction of sp³-hybridized carbons (Fsp3) is 0.710. The molecule has 2 fully saturated rings. The molecule has 10 nitrogen and oxygen atoms in total. The Morgan fingerprint density at radius 2 is 1.83 bits per heavy atom. The highest BCUT2D eigenvalue weighted by Crippen LogP contribution is 2.39. The van der Waals surface area contributed by atoms with E-state index in [2.05, 4.69) is 5.32 Å². The maximum atomic E-state index is 15.4. The molecule has 11 heteroatoms. The first-order valence-electron chi connectivity index (χ1n) is 15.0. The Hall–Kier alpha value is -2.92. The Morgan fingerprint density at radius 3 is 2.45 bits per heavy atom. The molecular formula is C31H48FN3O7. The molecule has 0 aromatic heterocycles. The summed E-state index contributed by atoms with van der Waals surface area (Å²) in [7, 11) is 1.62. The van der Waals surface area contributed by atoms with E-state index < -0.39 is 29.3 Å². The van der Waals surface area contributed by atoms with Gasteiger partial charge in [0.05, 0.1) is 30.7 Å². The van der Waals surface area contributed by atoms with Gasteiger partial charge in [0.1, 0.15) is 17.2 Å². The van der Waals surface area contributed by atoms with Crippen LogP contribution in [-0.2, 0) is 23.8 Å². The van der Waals surface area contributed by atoms with E-state index in [0.717, 1.165) is 12.8 Å². The van der Waals surface area contributed by atoms with E-state index in [1.54, 1.807) is 40.9 Å². The second-order valence-electron chi connectivity index (χ2n) is 12.3. The minimum atomic E-state index is -0.747. The number of hydrogen-bond donors (Lipinski definition) is 1. The number of nitrogens with one attached hydrogen (secondary N) is 1. The largest absolute Gasteiger partial charge is 0.493 e. The topological polar surface area (TPSA) is 107 Å². The minimum Gasteiger partial charge on any atom is -0.493 e. The van der Waals surface area contributed by atoms with Crippen molar-refractivity contribution in [2.75, 3.05) is 51.5 Å². The molecule has 1 aromatic rings. The number of nitrogens with zero attached hydrogens (tertiary/aromatic N) is 2. The van der Waals surface area contributed by atoms with Crippen LogP contribution in [0.5, 0.6) is 5.75 Å². The number of hydrogen-bond acceptors (Lipinski definition) is 7. The highest BCUT2D eigenvalue weighted by atomic mass is 19.1. The summed E-state index contributed by atoms with van der Waals surface area (Å²) in [4.78, 5) is 43.5.